The number of likely N-dealkylation sites (N-methyl/N-ethyl adjacent to an activating group) is 1. The molecule has 1 spiro atoms. The molecule has 0 N–H and O–H groups in total. The van der Waals surface area contributed by atoms with Gasteiger partial charge in [0.25, 0.3) is 0 Å². The first-order chi connectivity index (χ1) is 12.4. The second-order valence-corrected chi connectivity index (χ2v) is 9.30. The molecule has 4 aliphatic rings. The van der Waals surface area contributed by atoms with Crippen molar-refractivity contribution in [2.24, 2.45) is 17.3 Å². The second kappa shape index (κ2) is 5.03. The standard InChI is InChI=1S/C22H29NO3/c1-6-13-17-14-11-12-7-8-15(25-5)18-16(12)22(17,9-10-23(14)4)20(26-18)19(24)21(13,2)3/h7-8,13-14,17,20H,6,9-11H2,1-5H3/t13-,14-,17+,20+,22-/m1/s1. The van der Waals surface area contributed by atoms with Crippen LogP contribution in [-0.4, -0.2) is 43.5 Å². The number of hydrogen-bond donors (Lipinski definition) is 0. The highest BCUT2D eigenvalue weighted by atomic mass is 16.5. The molecule has 4 nitrogen and oxygen atoms in total. The number of likely N-dealkylation sites (tertiary alicyclic amines) is 1. The molecule has 0 aromatic heterocycles. The zero-order chi connectivity index (χ0) is 18.4. The largest absolute Gasteiger partial charge is 0.493 e. The average Bonchev–Trinajstić information content (AvgIpc) is 2.96. The van der Waals surface area contributed by atoms with Gasteiger partial charge in [0.1, 0.15) is 0 Å². The molecule has 26 heavy (non-hydrogen) atoms. The van der Waals surface area contributed by atoms with Crippen LogP contribution in [0.1, 0.15) is 44.7 Å². The number of rotatable bonds is 2. The third-order valence-corrected chi connectivity index (χ3v) is 8.15. The van der Waals surface area contributed by atoms with E-state index in [1.807, 2.05) is 6.07 Å². The van der Waals surface area contributed by atoms with Gasteiger partial charge in [0, 0.05) is 22.4 Å². The molecule has 0 amide bonds. The number of ether oxygens (including phenoxy) is 2. The van der Waals surface area contributed by atoms with Crippen molar-refractivity contribution in [1.29, 1.82) is 0 Å². The summed E-state index contributed by atoms with van der Waals surface area (Å²) in [6, 6.07) is 4.71. The number of Topliss-reactive ketones (excluding diaryl/α,β-unsaturated/α-hetero) is 1. The molecule has 2 aliphatic heterocycles. The van der Waals surface area contributed by atoms with E-state index in [0.29, 0.717) is 17.9 Å². The molecule has 4 heteroatoms. The van der Waals surface area contributed by atoms with Gasteiger partial charge in [-0.2, -0.15) is 0 Å². The van der Waals surface area contributed by atoms with Gasteiger partial charge in [-0.05, 0) is 49.9 Å². The second-order valence-electron chi connectivity index (χ2n) is 9.30. The Bertz CT molecular complexity index is 801. The van der Waals surface area contributed by atoms with Crippen molar-refractivity contribution in [2.45, 2.75) is 57.6 Å². The summed E-state index contributed by atoms with van der Waals surface area (Å²) in [7, 11) is 3.95. The number of hydrogen-bond acceptors (Lipinski definition) is 4. The van der Waals surface area contributed by atoms with Crippen molar-refractivity contribution < 1.29 is 14.3 Å². The minimum absolute atomic E-state index is 0.165. The lowest BCUT2D eigenvalue weighted by molar-refractivity contribution is -0.164. The van der Waals surface area contributed by atoms with Crippen LogP contribution >= 0.6 is 0 Å². The minimum Gasteiger partial charge on any atom is -0.493 e. The third-order valence-electron chi connectivity index (χ3n) is 8.15. The van der Waals surface area contributed by atoms with Gasteiger partial charge in [-0.1, -0.05) is 33.3 Å². The molecule has 1 aromatic carbocycles. The van der Waals surface area contributed by atoms with Crippen molar-refractivity contribution in [3.8, 4) is 11.5 Å². The number of nitrogens with zero attached hydrogens (tertiary/aromatic N) is 1. The highest BCUT2D eigenvalue weighted by molar-refractivity contribution is 5.94. The first-order valence-corrected chi connectivity index (χ1v) is 9.99. The molecule has 1 saturated heterocycles. The molecule has 2 aliphatic carbocycles. The van der Waals surface area contributed by atoms with Gasteiger partial charge in [0.15, 0.2) is 23.4 Å². The number of ketones is 1. The molecular weight excluding hydrogens is 326 g/mol. The van der Waals surface area contributed by atoms with E-state index in [1.165, 1.54) is 11.1 Å². The van der Waals surface area contributed by atoms with E-state index in [-0.39, 0.29) is 22.7 Å². The minimum atomic E-state index is -0.355. The molecule has 2 bridgehead atoms. The molecule has 140 valence electrons. The smallest absolute Gasteiger partial charge is 0.180 e. The zero-order valence-electron chi connectivity index (χ0n) is 16.5. The van der Waals surface area contributed by atoms with Crippen LogP contribution in [0.2, 0.25) is 0 Å². The van der Waals surface area contributed by atoms with Gasteiger partial charge in [-0.3, -0.25) is 4.79 Å². The molecule has 1 saturated carbocycles. The van der Waals surface area contributed by atoms with E-state index in [4.69, 9.17) is 9.47 Å². The van der Waals surface area contributed by atoms with Crippen molar-refractivity contribution >= 4 is 5.78 Å². The van der Waals surface area contributed by atoms with Crippen molar-refractivity contribution in [3.63, 3.8) is 0 Å². The Labute approximate surface area is 155 Å². The molecule has 2 fully saturated rings. The summed E-state index contributed by atoms with van der Waals surface area (Å²) in [4.78, 5) is 16.2. The Balaban J connectivity index is 1.83. The molecule has 0 radical (unpaired) electrons. The van der Waals surface area contributed by atoms with Gasteiger partial charge in [-0.25, -0.2) is 0 Å². The Kier molecular flexibility index (Phi) is 3.22. The zero-order valence-corrected chi connectivity index (χ0v) is 16.5. The monoisotopic (exact) mass is 355 g/mol. The fraction of sp³-hybridized carbons (Fsp3) is 0.682. The van der Waals surface area contributed by atoms with E-state index in [9.17, 15) is 4.79 Å². The SMILES string of the molecule is CC[C@@H]1[C@H]2[C@H]3Cc4ccc(OC)c5c4[C@@]2(CCN3C)[C@@H](O5)C(=O)C1(C)C. The fourth-order valence-corrected chi connectivity index (χ4v) is 6.98. The molecule has 5 atom stereocenters. The van der Waals surface area contributed by atoms with Crippen LogP contribution in [0.3, 0.4) is 0 Å². The van der Waals surface area contributed by atoms with Crippen LogP contribution in [-0.2, 0) is 16.6 Å². The van der Waals surface area contributed by atoms with Crippen LogP contribution in [0.4, 0.5) is 0 Å². The summed E-state index contributed by atoms with van der Waals surface area (Å²) in [5, 5.41) is 0. The fourth-order valence-electron chi connectivity index (χ4n) is 6.98. The van der Waals surface area contributed by atoms with Crippen LogP contribution < -0.4 is 9.47 Å². The first kappa shape index (κ1) is 16.6. The highest BCUT2D eigenvalue weighted by Crippen LogP contribution is 2.67. The Hall–Kier alpha value is -1.55. The summed E-state index contributed by atoms with van der Waals surface area (Å²) in [5.74, 6) is 2.76. The van der Waals surface area contributed by atoms with Crippen LogP contribution in [0.15, 0.2) is 12.1 Å². The van der Waals surface area contributed by atoms with Gasteiger partial charge >= 0.3 is 0 Å². The van der Waals surface area contributed by atoms with Crippen LogP contribution in [0.25, 0.3) is 0 Å². The summed E-state index contributed by atoms with van der Waals surface area (Å²) < 4.78 is 12.1. The van der Waals surface area contributed by atoms with E-state index in [2.05, 4.69) is 38.8 Å². The highest BCUT2D eigenvalue weighted by Gasteiger charge is 2.71. The third kappa shape index (κ3) is 1.64. The normalized spacial score (nSPS) is 39.3. The van der Waals surface area contributed by atoms with E-state index >= 15 is 0 Å². The van der Waals surface area contributed by atoms with Gasteiger partial charge in [-0.15, -0.1) is 0 Å². The van der Waals surface area contributed by atoms with E-state index < -0.39 is 0 Å². The molecule has 0 unspecified atom stereocenters. The van der Waals surface area contributed by atoms with E-state index in [1.54, 1.807) is 7.11 Å². The molecule has 5 rings (SSSR count). The summed E-state index contributed by atoms with van der Waals surface area (Å²) in [5.41, 5.74) is 2.15. The summed E-state index contributed by atoms with van der Waals surface area (Å²) >= 11 is 0. The lowest BCUT2D eigenvalue weighted by atomic mass is 9.43. The van der Waals surface area contributed by atoms with Crippen LogP contribution in [0.5, 0.6) is 11.5 Å². The molecular formula is C22H29NO3. The first-order valence-electron chi connectivity index (χ1n) is 9.99. The topological polar surface area (TPSA) is 38.8 Å². The van der Waals surface area contributed by atoms with Crippen molar-refractivity contribution in [3.05, 3.63) is 23.3 Å². The van der Waals surface area contributed by atoms with Gasteiger partial charge in [0.05, 0.1) is 7.11 Å². The average molecular weight is 355 g/mol. The number of benzene rings is 1. The summed E-state index contributed by atoms with van der Waals surface area (Å²) in [6.07, 6.45) is 2.73. The maximum atomic E-state index is 13.6. The predicted molar refractivity (Wildman–Crippen MR) is 99.9 cm³/mol. The quantitative estimate of drug-likeness (QED) is 0.817. The lowest BCUT2D eigenvalue weighted by Crippen LogP contribution is -2.71. The summed E-state index contributed by atoms with van der Waals surface area (Å²) in [6.45, 7) is 7.57. The van der Waals surface area contributed by atoms with E-state index in [0.717, 1.165) is 37.3 Å². The number of carbonyl (C=O) groups excluding carboxylic acids is 1. The maximum Gasteiger partial charge on any atom is 0.180 e. The number of carbonyl (C=O) groups is 1. The predicted octanol–water partition coefficient (Wildman–Crippen LogP) is 3.21. The van der Waals surface area contributed by atoms with Crippen molar-refractivity contribution in [2.75, 3.05) is 20.7 Å². The Morgan fingerprint density at radius 2 is 2.12 bits per heavy atom. The van der Waals surface area contributed by atoms with Gasteiger partial charge in [0.2, 0.25) is 0 Å². The molecule has 1 aromatic rings. The van der Waals surface area contributed by atoms with Gasteiger partial charge < -0.3 is 14.4 Å². The number of piperidine rings is 1. The lowest BCUT2D eigenvalue weighted by Gasteiger charge is -2.63. The number of methoxy groups -OCH3 is 1. The van der Waals surface area contributed by atoms with Crippen LogP contribution in [0, 0.1) is 17.3 Å². The Morgan fingerprint density at radius 1 is 1.35 bits per heavy atom. The Morgan fingerprint density at radius 3 is 2.81 bits per heavy atom. The molecule has 2 heterocycles. The van der Waals surface area contributed by atoms with Crippen molar-refractivity contribution in [1.82, 2.24) is 4.90 Å². The maximum absolute atomic E-state index is 13.6.